The summed E-state index contributed by atoms with van der Waals surface area (Å²) in [6, 6.07) is 9.69. The van der Waals surface area contributed by atoms with Crippen LogP contribution in [0.4, 0.5) is 0 Å². The Morgan fingerprint density at radius 2 is 2.04 bits per heavy atom. The zero-order chi connectivity index (χ0) is 17.1. The maximum absolute atomic E-state index is 12.3. The van der Waals surface area contributed by atoms with Crippen molar-refractivity contribution < 1.29 is 4.79 Å². The first-order valence-electron chi connectivity index (χ1n) is 7.87. The molecular formula is C18H21N5O. The van der Waals surface area contributed by atoms with Gasteiger partial charge in [-0.05, 0) is 37.6 Å². The average Bonchev–Trinajstić information content (AvgIpc) is 3.10. The summed E-state index contributed by atoms with van der Waals surface area (Å²) in [5.74, 6) is -0.0888. The molecule has 0 bridgehead atoms. The highest BCUT2D eigenvalue weighted by molar-refractivity contribution is 5.94. The monoisotopic (exact) mass is 323 g/mol. The number of benzene rings is 1. The highest BCUT2D eigenvalue weighted by atomic mass is 16.1. The number of nitrogens with one attached hydrogen (secondary N) is 1. The molecular weight excluding hydrogens is 302 g/mol. The zero-order valence-corrected chi connectivity index (χ0v) is 14.2. The molecule has 0 fully saturated rings. The Balaban J connectivity index is 1.67. The van der Waals surface area contributed by atoms with Crippen LogP contribution in [-0.4, -0.2) is 25.5 Å². The fraction of sp³-hybridized carbons (Fsp3) is 0.278. The number of aromatic nitrogens is 4. The summed E-state index contributed by atoms with van der Waals surface area (Å²) in [7, 11) is 1.85. The number of carbonyl (C=O) groups excluding carboxylic acids is 1. The van der Waals surface area contributed by atoms with E-state index in [9.17, 15) is 4.79 Å². The van der Waals surface area contributed by atoms with E-state index in [4.69, 9.17) is 0 Å². The van der Waals surface area contributed by atoms with Crippen molar-refractivity contribution >= 4 is 5.91 Å². The van der Waals surface area contributed by atoms with E-state index in [-0.39, 0.29) is 5.91 Å². The lowest BCUT2D eigenvalue weighted by molar-refractivity contribution is 0.0951. The van der Waals surface area contributed by atoms with E-state index in [1.54, 1.807) is 10.9 Å². The average molecular weight is 323 g/mol. The lowest BCUT2D eigenvalue weighted by Gasteiger charge is -2.08. The third-order valence-electron chi connectivity index (χ3n) is 3.84. The molecule has 3 rings (SSSR count). The van der Waals surface area contributed by atoms with Crippen LogP contribution in [0.2, 0.25) is 0 Å². The van der Waals surface area contributed by atoms with E-state index < -0.39 is 0 Å². The number of hydrogen-bond donors (Lipinski definition) is 1. The standard InChI is InChI=1S/C18H21N5O/c1-13-7-14(2)23(21-13)12-15-5-4-6-17(8-15)18(24)19-9-16-10-20-22(3)11-16/h4-8,10-11H,9,12H2,1-3H3,(H,19,24). The highest BCUT2D eigenvalue weighted by Crippen LogP contribution is 2.10. The van der Waals surface area contributed by atoms with Gasteiger partial charge in [0.2, 0.25) is 0 Å². The lowest BCUT2D eigenvalue weighted by atomic mass is 10.1. The Morgan fingerprint density at radius 1 is 1.21 bits per heavy atom. The first kappa shape index (κ1) is 16.0. The van der Waals surface area contributed by atoms with E-state index >= 15 is 0 Å². The molecule has 2 heterocycles. The van der Waals surface area contributed by atoms with Gasteiger partial charge >= 0.3 is 0 Å². The van der Waals surface area contributed by atoms with E-state index in [0.717, 1.165) is 22.5 Å². The topological polar surface area (TPSA) is 64.7 Å². The Hall–Kier alpha value is -2.89. The molecule has 0 spiro atoms. The third kappa shape index (κ3) is 3.71. The molecule has 0 radical (unpaired) electrons. The van der Waals surface area contributed by atoms with Gasteiger partial charge in [0, 0.05) is 36.6 Å². The predicted octanol–water partition coefficient (Wildman–Crippen LogP) is 2.21. The van der Waals surface area contributed by atoms with Crippen LogP contribution in [0.3, 0.4) is 0 Å². The second-order valence-corrected chi connectivity index (χ2v) is 5.99. The number of rotatable bonds is 5. The third-order valence-corrected chi connectivity index (χ3v) is 3.84. The minimum absolute atomic E-state index is 0.0888. The normalized spacial score (nSPS) is 10.8. The highest BCUT2D eigenvalue weighted by Gasteiger charge is 2.08. The van der Waals surface area contributed by atoms with Gasteiger partial charge in [0.25, 0.3) is 5.91 Å². The van der Waals surface area contributed by atoms with Crippen molar-refractivity contribution in [2.24, 2.45) is 7.05 Å². The molecule has 0 aliphatic heterocycles. The van der Waals surface area contributed by atoms with E-state index in [1.807, 2.05) is 62.1 Å². The van der Waals surface area contributed by atoms with Crippen molar-refractivity contribution in [3.05, 3.63) is 70.8 Å². The maximum Gasteiger partial charge on any atom is 0.251 e. The van der Waals surface area contributed by atoms with Gasteiger partial charge in [0.1, 0.15) is 0 Å². The largest absolute Gasteiger partial charge is 0.348 e. The fourth-order valence-corrected chi connectivity index (χ4v) is 2.67. The van der Waals surface area contributed by atoms with Gasteiger partial charge in [-0.15, -0.1) is 0 Å². The van der Waals surface area contributed by atoms with Crippen LogP contribution in [0, 0.1) is 13.8 Å². The summed E-state index contributed by atoms with van der Waals surface area (Å²) in [6.07, 6.45) is 3.64. The Kier molecular flexibility index (Phi) is 4.46. The SMILES string of the molecule is Cc1cc(C)n(Cc2cccc(C(=O)NCc3cnn(C)c3)c2)n1. The number of carbonyl (C=O) groups is 1. The molecule has 0 aliphatic carbocycles. The summed E-state index contributed by atoms with van der Waals surface area (Å²) in [5.41, 5.74) is 4.79. The van der Waals surface area contributed by atoms with Crippen molar-refractivity contribution in [2.75, 3.05) is 0 Å². The zero-order valence-electron chi connectivity index (χ0n) is 14.2. The van der Waals surface area contributed by atoms with Crippen molar-refractivity contribution in [1.82, 2.24) is 24.9 Å². The molecule has 24 heavy (non-hydrogen) atoms. The quantitative estimate of drug-likeness (QED) is 0.783. The van der Waals surface area contributed by atoms with Gasteiger partial charge in [0.15, 0.2) is 0 Å². The maximum atomic E-state index is 12.3. The molecule has 0 saturated heterocycles. The molecule has 124 valence electrons. The van der Waals surface area contributed by atoms with E-state index in [0.29, 0.717) is 18.7 Å². The summed E-state index contributed by atoms with van der Waals surface area (Å²) < 4.78 is 3.67. The second kappa shape index (κ2) is 6.70. The summed E-state index contributed by atoms with van der Waals surface area (Å²) >= 11 is 0. The molecule has 2 aromatic heterocycles. The number of nitrogens with zero attached hydrogens (tertiary/aromatic N) is 4. The molecule has 0 aliphatic rings. The van der Waals surface area contributed by atoms with Gasteiger partial charge in [-0.1, -0.05) is 12.1 Å². The smallest absolute Gasteiger partial charge is 0.251 e. The number of aryl methyl sites for hydroxylation is 3. The molecule has 6 heteroatoms. The van der Waals surface area contributed by atoms with Gasteiger partial charge in [-0.25, -0.2) is 0 Å². The van der Waals surface area contributed by atoms with Crippen molar-refractivity contribution in [3.8, 4) is 0 Å². The molecule has 1 aromatic carbocycles. The first-order chi connectivity index (χ1) is 11.5. The van der Waals surface area contributed by atoms with Crippen LogP contribution in [0.25, 0.3) is 0 Å². The van der Waals surface area contributed by atoms with Gasteiger partial charge in [0.05, 0.1) is 18.4 Å². The van der Waals surface area contributed by atoms with Crippen molar-refractivity contribution in [2.45, 2.75) is 26.9 Å². The molecule has 3 aromatic rings. The van der Waals surface area contributed by atoms with Crippen molar-refractivity contribution in [3.63, 3.8) is 0 Å². The number of amides is 1. The second-order valence-electron chi connectivity index (χ2n) is 5.99. The van der Waals surface area contributed by atoms with Gasteiger partial charge in [-0.2, -0.15) is 10.2 Å². The van der Waals surface area contributed by atoms with E-state index in [1.165, 1.54) is 0 Å². The Labute approximate surface area is 141 Å². The summed E-state index contributed by atoms with van der Waals surface area (Å²) in [5, 5.41) is 11.5. The molecule has 0 saturated carbocycles. The Morgan fingerprint density at radius 3 is 2.71 bits per heavy atom. The minimum Gasteiger partial charge on any atom is -0.348 e. The van der Waals surface area contributed by atoms with Gasteiger partial charge in [-0.3, -0.25) is 14.2 Å². The summed E-state index contributed by atoms with van der Waals surface area (Å²) in [6.45, 7) is 5.13. The molecule has 1 amide bonds. The minimum atomic E-state index is -0.0888. The van der Waals surface area contributed by atoms with Crippen LogP contribution >= 0.6 is 0 Å². The van der Waals surface area contributed by atoms with Crippen LogP contribution in [-0.2, 0) is 20.1 Å². The van der Waals surface area contributed by atoms with Crippen LogP contribution < -0.4 is 5.32 Å². The van der Waals surface area contributed by atoms with Crippen LogP contribution in [0.5, 0.6) is 0 Å². The predicted molar refractivity (Wildman–Crippen MR) is 91.6 cm³/mol. The van der Waals surface area contributed by atoms with E-state index in [2.05, 4.69) is 15.5 Å². The van der Waals surface area contributed by atoms with Crippen molar-refractivity contribution in [1.29, 1.82) is 0 Å². The number of hydrogen-bond acceptors (Lipinski definition) is 3. The van der Waals surface area contributed by atoms with Crippen LogP contribution in [0.1, 0.15) is 32.9 Å². The molecule has 1 N–H and O–H groups in total. The molecule has 0 unspecified atom stereocenters. The first-order valence-corrected chi connectivity index (χ1v) is 7.87. The Bertz CT molecular complexity index is 862. The lowest BCUT2D eigenvalue weighted by Crippen LogP contribution is -2.22. The summed E-state index contributed by atoms with van der Waals surface area (Å²) in [4.78, 5) is 12.3. The fourth-order valence-electron chi connectivity index (χ4n) is 2.67. The molecule has 0 atom stereocenters. The molecule has 6 nitrogen and oxygen atoms in total. The van der Waals surface area contributed by atoms with Gasteiger partial charge < -0.3 is 5.32 Å². The van der Waals surface area contributed by atoms with Crippen LogP contribution in [0.15, 0.2) is 42.7 Å².